The van der Waals surface area contributed by atoms with Crippen molar-refractivity contribution in [1.29, 1.82) is 0 Å². The molecule has 6 heterocycles. The maximum absolute atomic E-state index is 12.8. The van der Waals surface area contributed by atoms with Crippen molar-refractivity contribution in [3.63, 3.8) is 0 Å². The van der Waals surface area contributed by atoms with Gasteiger partial charge in [0.1, 0.15) is 12.2 Å². The molecule has 0 unspecified atom stereocenters. The molecule has 1 spiro atoms. The van der Waals surface area contributed by atoms with Gasteiger partial charge in [-0.2, -0.15) is 0 Å². The van der Waals surface area contributed by atoms with Gasteiger partial charge in [-0.1, -0.05) is 13.8 Å². The first-order chi connectivity index (χ1) is 12.7. The van der Waals surface area contributed by atoms with Crippen LogP contribution in [0.2, 0.25) is 0 Å². The highest BCUT2D eigenvalue weighted by molar-refractivity contribution is 5.82. The number of hydrogen-bond acceptors (Lipinski definition) is 7. The highest BCUT2D eigenvalue weighted by Crippen LogP contribution is 2.78. The quantitative estimate of drug-likeness (QED) is 0.698. The average molecular weight is 374 g/mol. The van der Waals surface area contributed by atoms with Gasteiger partial charge in [-0.25, -0.2) is 0 Å². The number of ether oxygens (including phenoxy) is 4. The first-order valence-electron chi connectivity index (χ1n) is 9.57. The number of carbonyl (C=O) groups is 2. The summed E-state index contributed by atoms with van der Waals surface area (Å²) in [5.41, 5.74) is -1.68. The summed E-state index contributed by atoms with van der Waals surface area (Å²) in [6, 6.07) is 1.81. The predicted octanol–water partition coefficient (Wildman–Crippen LogP) is 2.49. The normalized spacial score (nSPS) is 55.1. The summed E-state index contributed by atoms with van der Waals surface area (Å²) in [5.74, 6) is -3.14. The Morgan fingerprint density at radius 2 is 1.96 bits per heavy atom. The number of esters is 2. The van der Waals surface area contributed by atoms with E-state index in [0.717, 1.165) is 5.56 Å². The lowest BCUT2D eigenvalue weighted by atomic mass is 9.41. The molecule has 7 nitrogen and oxygen atoms in total. The largest absolute Gasteiger partial charge is 0.472 e. The number of rotatable bonds is 1. The van der Waals surface area contributed by atoms with Gasteiger partial charge in [-0.05, 0) is 25.3 Å². The predicted molar refractivity (Wildman–Crippen MR) is 87.8 cm³/mol. The van der Waals surface area contributed by atoms with E-state index in [0.29, 0.717) is 19.3 Å². The number of hydrogen-bond donors (Lipinski definition) is 0. The van der Waals surface area contributed by atoms with Gasteiger partial charge in [0.25, 0.3) is 0 Å². The smallest absolute Gasteiger partial charge is 0.315 e. The van der Waals surface area contributed by atoms with Crippen LogP contribution >= 0.6 is 0 Å². The zero-order valence-electron chi connectivity index (χ0n) is 15.6. The fourth-order valence-electron chi connectivity index (χ4n) is 6.78. The lowest BCUT2D eigenvalue weighted by Gasteiger charge is -2.76. The summed E-state index contributed by atoms with van der Waals surface area (Å²) < 4.78 is 30.3. The zero-order chi connectivity index (χ0) is 18.9. The van der Waals surface area contributed by atoms with Crippen LogP contribution < -0.4 is 0 Å². The Morgan fingerprint density at radius 1 is 1.15 bits per heavy atom. The molecular weight excluding hydrogens is 352 g/mol. The van der Waals surface area contributed by atoms with Gasteiger partial charge in [0.2, 0.25) is 11.6 Å². The second kappa shape index (κ2) is 4.25. The minimum atomic E-state index is -1.14. The van der Waals surface area contributed by atoms with Gasteiger partial charge in [0.15, 0.2) is 0 Å². The van der Waals surface area contributed by atoms with Crippen molar-refractivity contribution in [2.24, 2.45) is 22.7 Å². The van der Waals surface area contributed by atoms with Gasteiger partial charge < -0.3 is 23.4 Å². The summed E-state index contributed by atoms with van der Waals surface area (Å²) >= 11 is 0. The van der Waals surface area contributed by atoms with Crippen LogP contribution in [0, 0.1) is 22.7 Å². The Hall–Kier alpha value is -1.86. The van der Waals surface area contributed by atoms with E-state index < -0.39 is 28.0 Å². The molecule has 6 aliphatic rings. The summed E-state index contributed by atoms with van der Waals surface area (Å²) in [4.78, 5) is 25.5. The molecule has 1 aromatic heterocycles. The third kappa shape index (κ3) is 1.36. The SMILES string of the molecule is C[C@@H]1C(=O)O[C@]23CC[C@@]4(C)C(=O)OC[C@@]45O[C@](c4ccoc4)(C[C@H]1[C@]25C)O3. The molecule has 5 aliphatic heterocycles. The topological polar surface area (TPSA) is 84.2 Å². The molecule has 0 amide bonds. The molecule has 27 heavy (non-hydrogen) atoms. The molecule has 0 N–H and O–H groups in total. The van der Waals surface area contributed by atoms with Crippen molar-refractivity contribution in [2.75, 3.05) is 6.61 Å². The molecule has 5 bridgehead atoms. The van der Waals surface area contributed by atoms with Crippen molar-refractivity contribution >= 4 is 11.9 Å². The maximum Gasteiger partial charge on any atom is 0.315 e. The van der Waals surface area contributed by atoms with E-state index >= 15 is 0 Å². The molecule has 144 valence electrons. The van der Waals surface area contributed by atoms with Crippen LogP contribution in [0.5, 0.6) is 0 Å². The lowest BCUT2D eigenvalue weighted by Crippen LogP contribution is -2.86. The molecular formula is C20H22O7. The van der Waals surface area contributed by atoms with Gasteiger partial charge in [0, 0.05) is 18.4 Å². The van der Waals surface area contributed by atoms with Crippen LogP contribution in [0.3, 0.4) is 0 Å². The standard InChI is InChI=1S/C20H22O7/c1-11-13-8-18(12-4-7-23-9-12)26-19-10-24-15(22)16(19,2)5-6-20(27-18,17(13,19)3)25-14(11)21/h4,7,9,11,13H,5-6,8,10H2,1-3H3/t11-,13+,16-,17-,18+,19+,20-/m0/s1. The van der Waals surface area contributed by atoms with Crippen LogP contribution in [-0.2, 0) is 34.3 Å². The van der Waals surface area contributed by atoms with Crippen molar-refractivity contribution in [2.45, 2.75) is 57.2 Å². The van der Waals surface area contributed by atoms with E-state index in [-0.39, 0.29) is 30.4 Å². The monoisotopic (exact) mass is 374 g/mol. The average Bonchev–Trinajstić information content (AvgIpc) is 3.24. The number of carbonyl (C=O) groups excluding carboxylic acids is 2. The minimum Gasteiger partial charge on any atom is -0.472 e. The van der Waals surface area contributed by atoms with Crippen LogP contribution in [0.1, 0.15) is 45.6 Å². The molecule has 7 heteroatoms. The molecule has 5 saturated heterocycles. The Morgan fingerprint density at radius 3 is 2.70 bits per heavy atom. The third-order valence-corrected chi connectivity index (χ3v) is 8.43. The van der Waals surface area contributed by atoms with Gasteiger partial charge >= 0.3 is 11.9 Å². The first kappa shape index (κ1) is 16.1. The van der Waals surface area contributed by atoms with E-state index in [1.54, 1.807) is 12.5 Å². The van der Waals surface area contributed by atoms with Crippen LogP contribution in [0.15, 0.2) is 23.0 Å². The molecule has 6 fully saturated rings. The van der Waals surface area contributed by atoms with E-state index in [9.17, 15) is 9.59 Å². The highest BCUT2D eigenvalue weighted by atomic mass is 16.8. The Balaban J connectivity index is 1.67. The summed E-state index contributed by atoms with van der Waals surface area (Å²) in [7, 11) is 0. The van der Waals surface area contributed by atoms with Crippen molar-refractivity contribution < 1.29 is 33.0 Å². The van der Waals surface area contributed by atoms with Gasteiger partial charge in [-0.3, -0.25) is 9.59 Å². The molecule has 1 saturated carbocycles. The van der Waals surface area contributed by atoms with Crippen LogP contribution in [0.25, 0.3) is 0 Å². The van der Waals surface area contributed by atoms with E-state index in [1.807, 2.05) is 19.9 Å². The number of furan rings is 1. The van der Waals surface area contributed by atoms with Gasteiger partial charge in [0.05, 0.1) is 29.3 Å². The molecule has 1 aliphatic carbocycles. The second-order valence-electron chi connectivity index (χ2n) is 9.18. The molecule has 7 rings (SSSR count). The minimum absolute atomic E-state index is 0.0646. The summed E-state index contributed by atoms with van der Waals surface area (Å²) in [6.07, 6.45) is 4.61. The molecule has 1 aromatic rings. The van der Waals surface area contributed by atoms with Gasteiger partial charge in [-0.15, -0.1) is 0 Å². The van der Waals surface area contributed by atoms with Crippen molar-refractivity contribution in [1.82, 2.24) is 0 Å². The second-order valence-corrected chi connectivity index (χ2v) is 9.18. The van der Waals surface area contributed by atoms with E-state index in [4.69, 9.17) is 23.4 Å². The molecule has 0 aromatic carbocycles. The van der Waals surface area contributed by atoms with Crippen molar-refractivity contribution in [3.8, 4) is 0 Å². The lowest BCUT2D eigenvalue weighted by molar-refractivity contribution is -0.555. The van der Waals surface area contributed by atoms with Crippen molar-refractivity contribution in [3.05, 3.63) is 24.2 Å². The van der Waals surface area contributed by atoms with E-state index in [2.05, 4.69) is 6.92 Å². The Kier molecular flexibility index (Phi) is 2.54. The third-order valence-electron chi connectivity index (χ3n) is 8.43. The zero-order valence-corrected chi connectivity index (χ0v) is 15.6. The maximum atomic E-state index is 12.8. The fourth-order valence-corrected chi connectivity index (χ4v) is 6.78. The molecule has 0 radical (unpaired) electrons. The Bertz CT molecular complexity index is 879. The molecule has 7 atom stereocenters. The summed E-state index contributed by atoms with van der Waals surface area (Å²) in [6.45, 7) is 6.02. The highest BCUT2D eigenvalue weighted by Gasteiger charge is 2.89. The summed E-state index contributed by atoms with van der Waals surface area (Å²) in [5, 5.41) is 0. The fraction of sp³-hybridized carbons (Fsp3) is 0.700. The van der Waals surface area contributed by atoms with Crippen LogP contribution in [0.4, 0.5) is 0 Å². The van der Waals surface area contributed by atoms with Crippen LogP contribution in [-0.4, -0.2) is 29.9 Å². The Labute approximate surface area is 156 Å². The first-order valence-corrected chi connectivity index (χ1v) is 9.57. The van der Waals surface area contributed by atoms with E-state index in [1.165, 1.54) is 0 Å². The number of cyclic esters (lactones) is 1.